The van der Waals surface area contributed by atoms with Gasteiger partial charge in [0.25, 0.3) is 0 Å². The third-order valence-electron chi connectivity index (χ3n) is 3.78. The van der Waals surface area contributed by atoms with Gasteiger partial charge in [-0.3, -0.25) is 4.90 Å². The molecule has 0 bridgehead atoms. The first-order chi connectivity index (χ1) is 8.40. The van der Waals surface area contributed by atoms with Crippen molar-refractivity contribution >= 4 is 5.69 Å². The van der Waals surface area contributed by atoms with E-state index >= 15 is 0 Å². The fourth-order valence-electron chi connectivity index (χ4n) is 3.00. The Hall–Kier alpha value is -1.09. The first kappa shape index (κ1) is 13.3. The molecule has 0 unspecified atom stereocenters. The van der Waals surface area contributed by atoms with Crippen molar-refractivity contribution in [3.63, 3.8) is 0 Å². The summed E-state index contributed by atoms with van der Waals surface area (Å²) in [6, 6.07) is 7.39. The number of piperazine rings is 1. The number of hydrogen-bond donors (Lipinski definition) is 0. The van der Waals surface area contributed by atoms with Gasteiger partial charge in [-0.15, -0.1) is 0 Å². The number of benzene rings is 1. The molecule has 18 heavy (non-hydrogen) atoms. The predicted octanol–water partition coefficient (Wildman–Crippen LogP) is 3.13. The van der Waals surface area contributed by atoms with Crippen molar-refractivity contribution in [3.05, 3.63) is 30.1 Å². The van der Waals surface area contributed by atoms with Gasteiger partial charge in [0.2, 0.25) is 0 Å². The summed E-state index contributed by atoms with van der Waals surface area (Å²) in [6.45, 7) is 12.1. The molecule has 0 atom stereocenters. The van der Waals surface area contributed by atoms with E-state index in [2.05, 4.69) is 37.5 Å². The summed E-state index contributed by atoms with van der Waals surface area (Å²) in [7, 11) is 0. The van der Waals surface area contributed by atoms with E-state index in [1.54, 1.807) is 0 Å². The van der Waals surface area contributed by atoms with Crippen molar-refractivity contribution in [2.75, 3.05) is 24.5 Å². The van der Waals surface area contributed by atoms with E-state index in [0.29, 0.717) is 6.04 Å². The molecule has 1 aromatic rings. The van der Waals surface area contributed by atoms with Crippen molar-refractivity contribution in [1.82, 2.24) is 4.90 Å². The third-order valence-corrected chi connectivity index (χ3v) is 3.78. The average Bonchev–Trinajstić information content (AvgIpc) is 2.28. The van der Waals surface area contributed by atoms with Crippen LogP contribution in [0.2, 0.25) is 0 Å². The molecular formula is C15H23FN2. The Balaban J connectivity index is 2.13. The number of halogens is 1. The minimum Gasteiger partial charge on any atom is -0.368 e. The molecule has 0 spiro atoms. The van der Waals surface area contributed by atoms with Gasteiger partial charge in [-0.25, -0.2) is 4.39 Å². The lowest BCUT2D eigenvalue weighted by molar-refractivity contribution is 0.0716. The molecule has 0 saturated carbocycles. The Labute approximate surface area is 109 Å². The molecule has 2 nitrogen and oxygen atoms in total. The molecular weight excluding hydrogens is 227 g/mol. The fraction of sp³-hybridized carbons (Fsp3) is 0.600. The summed E-state index contributed by atoms with van der Waals surface area (Å²) in [4.78, 5) is 4.88. The topological polar surface area (TPSA) is 6.48 Å². The molecule has 0 radical (unpaired) electrons. The van der Waals surface area contributed by atoms with Gasteiger partial charge < -0.3 is 4.90 Å². The molecule has 3 heteroatoms. The van der Waals surface area contributed by atoms with Gasteiger partial charge in [0.1, 0.15) is 5.82 Å². The van der Waals surface area contributed by atoms with Gasteiger partial charge in [-0.2, -0.15) is 0 Å². The van der Waals surface area contributed by atoms with Gasteiger partial charge in [0.05, 0.1) is 0 Å². The molecule has 100 valence electrons. The van der Waals surface area contributed by atoms with Gasteiger partial charge in [-0.05, 0) is 52.0 Å². The summed E-state index contributed by atoms with van der Waals surface area (Å²) >= 11 is 0. The zero-order chi connectivity index (χ0) is 13.3. The minimum atomic E-state index is -0.168. The van der Waals surface area contributed by atoms with E-state index in [1.165, 1.54) is 12.1 Å². The highest BCUT2D eigenvalue weighted by atomic mass is 19.1. The van der Waals surface area contributed by atoms with Crippen molar-refractivity contribution in [1.29, 1.82) is 0 Å². The SMILES string of the molecule is CC(C)N1CCN(c2ccc(F)cc2)CC1(C)C. The zero-order valence-corrected chi connectivity index (χ0v) is 11.8. The summed E-state index contributed by atoms with van der Waals surface area (Å²) < 4.78 is 12.9. The van der Waals surface area contributed by atoms with E-state index in [9.17, 15) is 4.39 Å². The molecule has 0 aromatic heterocycles. The number of nitrogens with zero attached hydrogens (tertiary/aromatic N) is 2. The van der Waals surface area contributed by atoms with E-state index < -0.39 is 0 Å². The molecule has 1 heterocycles. The Bertz CT molecular complexity index is 397. The highest BCUT2D eigenvalue weighted by Crippen LogP contribution is 2.27. The molecule has 2 rings (SSSR count). The van der Waals surface area contributed by atoms with Gasteiger partial charge >= 0.3 is 0 Å². The van der Waals surface area contributed by atoms with Crippen LogP contribution in [0.1, 0.15) is 27.7 Å². The van der Waals surface area contributed by atoms with Crippen LogP contribution >= 0.6 is 0 Å². The highest BCUT2D eigenvalue weighted by molar-refractivity contribution is 5.47. The fourth-order valence-corrected chi connectivity index (χ4v) is 3.00. The number of anilines is 1. The average molecular weight is 250 g/mol. The molecule has 1 saturated heterocycles. The Morgan fingerprint density at radius 2 is 1.72 bits per heavy atom. The second-order valence-corrected chi connectivity index (χ2v) is 6.00. The maximum Gasteiger partial charge on any atom is 0.123 e. The Morgan fingerprint density at radius 3 is 2.22 bits per heavy atom. The lowest BCUT2D eigenvalue weighted by Crippen LogP contribution is -2.61. The van der Waals surface area contributed by atoms with Crippen LogP contribution in [-0.2, 0) is 0 Å². The maximum atomic E-state index is 12.9. The van der Waals surface area contributed by atoms with Crippen LogP contribution in [0.4, 0.5) is 10.1 Å². The standard InChI is InChI=1S/C15H23FN2/c1-12(2)18-10-9-17(11-15(18,3)4)14-7-5-13(16)6-8-14/h5-8,12H,9-11H2,1-4H3. The van der Waals surface area contributed by atoms with E-state index in [0.717, 1.165) is 25.3 Å². The zero-order valence-electron chi connectivity index (χ0n) is 11.8. The first-order valence-corrected chi connectivity index (χ1v) is 6.67. The normalized spacial score (nSPS) is 20.4. The maximum absolute atomic E-state index is 12.9. The Morgan fingerprint density at radius 1 is 1.11 bits per heavy atom. The second-order valence-electron chi connectivity index (χ2n) is 6.00. The lowest BCUT2D eigenvalue weighted by Gasteiger charge is -2.50. The third kappa shape index (κ3) is 2.66. The smallest absolute Gasteiger partial charge is 0.123 e. The quantitative estimate of drug-likeness (QED) is 0.795. The van der Waals surface area contributed by atoms with Gasteiger partial charge in [0.15, 0.2) is 0 Å². The minimum absolute atomic E-state index is 0.154. The predicted molar refractivity (Wildman–Crippen MR) is 74.5 cm³/mol. The van der Waals surface area contributed by atoms with Crippen LogP contribution in [0.15, 0.2) is 24.3 Å². The number of hydrogen-bond acceptors (Lipinski definition) is 2. The first-order valence-electron chi connectivity index (χ1n) is 6.67. The lowest BCUT2D eigenvalue weighted by atomic mass is 9.96. The highest BCUT2D eigenvalue weighted by Gasteiger charge is 2.34. The summed E-state index contributed by atoms with van der Waals surface area (Å²) in [5.41, 5.74) is 1.27. The van der Waals surface area contributed by atoms with E-state index in [4.69, 9.17) is 0 Å². The molecule has 0 amide bonds. The van der Waals surface area contributed by atoms with E-state index in [1.807, 2.05) is 12.1 Å². The van der Waals surface area contributed by atoms with Crippen molar-refractivity contribution in [2.45, 2.75) is 39.3 Å². The molecule has 0 N–H and O–H groups in total. The molecule has 1 aliphatic heterocycles. The van der Waals surface area contributed by atoms with Crippen LogP contribution in [-0.4, -0.2) is 36.1 Å². The van der Waals surface area contributed by atoms with Crippen molar-refractivity contribution < 1.29 is 4.39 Å². The molecule has 0 aliphatic carbocycles. The van der Waals surface area contributed by atoms with Gasteiger partial charge in [0, 0.05) is 36.9 Å². The summed E-state index contributed by atoms with van der Waals surface area (Å²) in [5.74, 6) is -0.168. The van der Waals surface area contributed by atoms with Crippen LogP contribution in [0.5, 0.6) is 0 Å². The largest absolute Gasteiger partial charge is 0.368 e. The van der Waals surface area contributed by atoms with Crippen LogP contribution in [0, 0.1) is 5.82 Å². The monoisotopic (exact) mass is 250 g/mol. The van der Waals surface area contributed by atoms with Crippen LogP contribution in [0.25, 0.3) is 0 Å². The van der Waals surface area contributed by atoms with Gasteiger partial charge in [-0.1, -0.05) is 0 Å². The number of rotatable bonds is 2. The van der Waals surface area contributed by atoms with Crippen molar-refractivity contribution in [3.8, 4) is 0 Å². The summed E-state index contributed by atoms with van der Waals surface area (Å²) in [5, 5.41) is 0. The molecule has 1 fully saturated rings. The van der Waals surface area contributed by atoms with E-state index in [-0.39, 0.29) is 11.4 Å². The van der Waals surface area contributed by atoms with Crippen LogP contribution in [0.3, 0.4) is 0 Å². The molecule has 1 aliphatic rings. The summed E-state index contributed by atoms with van der Waals surface area (Å²) in [6.07, 6.45) is 0. The molecule has 1 aromatic carbocycles. The Kier molecular flexibility index (Phi) is 3.62. The van der Waals surface area contributed by atoms with Crippen LogP contribution < -0.4 is 4.90 Å². The second kappa shape index (κ2) is 4.88. The van der Waals surface area contributed by atoms with Crippen molar-refractivity contribution in [2.24, 2.45) is 0 Å².